The van der Waals surface area contributed by atoms with Crippen molar-refractivity contribution in [2.24, 2.45) is 7.05 Å². The zero-order valence-corrected chi connectivity index (χ0v) is 14.6. The maximum atomic E-state index is 13.4. The molecule has 0 saturated heterocycles. The third-order valence-corrected chi connectivity index (χ3v) is 4.58. The van der Waals surface area contributed by atoms with Gasteiger partial charge in [0.2, 0.25) is 5.82 Å². The Kier molecular flexibility index (Phi) is 4.72. The van der Waals surface area contributed by atoms with Crippen molar-refractivity contribution >= 4 is 10.2 Å². The number of benzene rings is 2. The van der Waals surface area contributed by atoms with Crippen LogP contribution in [0, 0.1) is 0 Å². The van der Waals surface area contributed by atoms with Gasteiger partial charge in [-0.15, -0.1) is 14.1 Å². The van der Waals surface area contributed by atoms with E-state index in [1.54, 1.807) is 0 Å². The highest BCUT2D eigenvalue weighted by molar-refractivity contribution is 7.86. The van der Waals surface area contributed by atoms with Gasteiger partial charge in [-0.25, -0.2) is 0 Å². The molecule has 142 valence electrons. The molecule has 2 aromatic carbocycles. The number of hydrogen-bond donors (Lipinski definition) is 0. The van der Waals surface area contributed by atoms with Gasteiger partial charge in [-0.05, 0) is 41.0 Å². The first-order valence-electron chi connectivity index (χ1n) is 7.52. The van der Waals surface area contributed by atoms with Crippen molar-refractivity contribution in [2.75, 3.05) is 0 Å². The Hall–Kier alpha value is -2.82. The molecule has 1 heterocycles. The van der Waals surface area contributed by atoms with Crippen molar-refractivity contribution in [1.29, 1.82) is 0 Å². The van der Waals surface area contributed by atoms with E-state index in [2.05, 4.69) is 15.4 Å². The Morgan fingerprint density at radius 2 is 1.85 bits per heavy atom. The summed E-state index contributed by atoms with van der Waals surface area (Å²) < 4.78 is 74.4. The fraction of sp³-hybridized carbons (Fsp3) is 0.188. The fourth-order valence-corrected chi connectivity index (χ4v) is 3.03. The second-order valence-corrected chi connectivity index (χ2v) is 7.08. The summed E-state index contributed by atoms with van der Waals surface area (Å²) in [5, 5.41) is 11.4. The Morgan fingerprint density at radius 1 is 1.11 bits per heavy atom. The van der Waals surface area contributed by atoms with Gasteiger partial charge in [-0.3, -0.25) is 0 Å². The van der Waals surface area contributed by atoms with Gasteiger partial charge < -0.3 is 0 Å². The summed E-state index contributed by atoms with van der Waals surface area (Å²) >= 11 is 0. The third-order valence-electron chi connectivity index (χ3n) is 3.76. The van der Waals surface area contributed by atoms with Crippen molar-refractivity contribution in [2.45, 2.75) is 17.5 Å². The van der Waals surface area contributed by atoms with Crippen LogP contribution in [-0.2, 0) is 29.9 Å². The molecule has 0 atom stereocenters. The number of hydrogen-bond acceptors (Lipinski definition) is 5. The Bertz CT molecular complexity index is 1090. The largest absolute Gasteiger partial charge is 0.416 e. The van der Waals surface area contributed by atoms with Crippen LogP contribution >= 0.6 is 0 Å². The number of alkyl halides is 3. The number of nitrogens with zero attached hydrogens (tertiary/aromatic N) is 4. The Labute approximate surface area is 151 Å². The number of halogens is 4. The average Bonchev–Trinajstić information content (AvgIpc) is 3.00. The molecule has 0 aliphatic rings. The Morgan fingerprint density at radius 3 is 2.44 bits per heavy atom. The first-order chi connectivity index (χ1) is 12.5. The minimum Gasteiger partial charge on any atom is -0.189 e. The standard InChI is InChI=1S/C16H12F4N4O2S/c1-24-22-15(21-23-24)14-9-13(27(20,25)26)6-5-11(14)7-10-3-2-4-12(8-10)16(17,18)19/h2-6,8-9H,7H2,1H3. The highest BCUT2D eigenvalue weighted by Crippen LogP contribution is 2.31. The lowest BCUT2D eigenvalue weighted by atomic mass is 9.98. The van der Waals surface area contributed by atoms with Crippen LogP contribution in [0.4, 0.5) is 17.1 Å². The molecule has 0 radical (unpaired) electrons. The number of aryl methyl sites for hydroxylation is 1. The molecule has 1 aromatic heterocycles. The molecule has 0 saturated carbocycles. The molecule has 0 spiro atoms. The molecule has 0 unspecified atom stereocenters. The molecule has 27 heavy (non-hydrogen) atoms. The lowest BCUT2D eigenvalue weighted by molar-refractivity contribution is -0.137. The monoisotopic (exact) mass is 400 g/mol. The van der Waals surface area contributed by atoms with Gasteiger partial charge >= 0.3 is 16.4 Å². The molecule has 0 fully saturated rings. The van der Waals surface area contributed by atoms with Crippen LogP contribution < -0.4 is 0 Å². The van der Waals surface area contributed by atoms with E-state index in [4.69, 9.17) is 0 Å². The molecule has 0 aliphatic carbocycles. The van der Waals surface area contributed by atoms with Gasteiger partial charge in [0.25, 0.3) is 0 Å². The number of tetrazole rings is 1. The lowest BCUT2D eigenvalue weighted by Gasteiger charge is -2.11. The molecule has 0 N–H and O–H groups in total. The normalized spacial score (nSPS) is 12.3. The first kappa shape index (κ1) is 19.0. The van der Waals surface area contributed by atoms with Crippen molar-refractivity contribution in [3.05, 3.63) is 59.2 Å². The second kappa shape index (κ2) is 6.72. The first-order valence-corrected chi connectivity index (χ1v) is 8.90. The summed E-state index contributed by atoms with van der Waals surface area (Å²) in [6, 6.07) is 8.12. The van der Waals surface area contributed by atoms with Gasteiger partial charge in [0.15, 0.2) is 0 Å². The highest BCUT2D eigenvalue weighted by Gasteiger charge is 2.30. The SMILES string of the molecule is Cn1nnc(-c2cc(S(=O)(=O)F)ccc2Cc2cccc(C(F)(F)F)c2)n1. The molecule has 3 aromatic rings. The van der Waals surface area contributed by atoms with E-state index in [1.165, 1.54) is 25.2 Å². The Balaban J connectivity index is 2.08. The predicted molar refractivity (Wildman–Crippen MR) is 86.8 cm³/mol. The molecule has 3 rings (SSSR count). The molecule has 0 bridgehead atoms. The summed E-state index contributed by atoms with van der Waals surface area (Å²) in [5.41, 5.74) is 0.127. The van der Waals surface area contributed by atoms with Crippen LogP contribution in [-0.4, -0.2) is 28.6 Å². The van der Waals surface area contributed by atoms with E-state index < -0.39 is 26.9 Å². The topological polar surface area (TPSA) is 77.7 Å². The summed E-state index contributed by atoms with van der Waals surface area (Å²) in [7, 11) is -3.49. The van der Waals surface area contributed by atoms with Gasteiger partial charge in [0.1, 0.15) is 0 Å². The van der Waals surface area contributed by atoms with Crippen LogP contribution in [0.3, 0.4) is 0 Å². The van der Waals surface area contributed by atoms with E-state index in [1.807, 2.05) is 0 Å². The summed E-state index contributed by atoms with van der Waals surface area (Å²) in [5.74, 6) is 0.0324. The number of rotatable bonds is 4. The molecule has 0 aliphatic heterocycles. The van der Waals surface area contributed by atoms with Crippen LogP contribution in [0.5, 0.6) is 0 Å². The van der Waals surface area contributed by atoms with Crippen molar-refractivity contribution < 1.29 is 25.5 Å². The summed E-state index contributed by atoms with van der Waals surface area (Å²) in [4.78, 5) is 0.526. The minimum atomic E-state index is -4.97. The van der Waals surface area contributed by atoms with Gasteiger partial charge in [0.05, 0.1) is 17.5 Å². The minimum absolute atomic E-state index is 0.0319. The van der Waals surface area contributed by atoms with Crippen LogP contribution in [0.15, 0.2) is 47.4 Å². The molecule has 11 heteroatoms. The quantitative estimate of drug-likeness (QED) is 0.497. The summed E-state index contributed by atoms with van der Waals surface area (Å²) in [6.45, 7) is 0. The molecule has 0 amide bonds. The lowest BCUT2D eigenvalue weighted by Crippen LogP contribution is -2.05. The molecule has 6 nitrogen and oxygen atoms in total. The van der Waals surface area contributed by atoms with E-state index in [9.17, 15) is 25.5 Å². The van der Waals surface area contributed by atoms with Crippen molar-refractivity contribution in [3.8, 4) is 11.4 Å². The zero-order valence-electron chi connectivity index (χ0n) is 13.8. The molecular formula is C16H12F4N4O2S. The van der Waals surface area contributed by atoms with Gasteiger partial charge in [0, 0.05) is 5.56 Å². The van der Waals surface area contributed by atoms with E-state index >= 15 is 0 Å². The van der Waals surface area contributed by atoms with E-state index in [0.717, 1.165) is 29.1 Å². The highest BCUT2D eigenvalue weighted by atomic mass is 32.3. The van der Waals surface area contributed by atoms with E-state index in [0.29, 0.717) is 11.1 Å². The number of aromatic nitrogens is 4. The fourth-order valence-electron chi connectivity index (χ4n) is 2.54. The zero-order chi connectivity index (χ0) is 19.8. The van der Waals surface area contributed by atoms with E-state index in [-0.39, 0.29) is 17.8 Å². The maximum Gasteiger partial charge on any atom is 0.416 e. The van der Waals surface area contributed by atoms with Gasteiger partial charge in [-0.1, -0.05) is 24.3 Å². The molecular weight excluding hydrogens is 388 g/mol. The van der Waals surface area contributed by atoms with Crippen molar-refractivity contribution in [3.63, 3.8) is 0 Å². The third kappa shape index (κ3) is 4.30. The second-order valence-electron chi connectivity index (χ2n) is 5.73. The van der Waals surface area contributed by atoms with Crippen LogP contribution in [0.25, 0.3) is 11.4 Å². The average molecular weight is 400 g/mol. The summed E-state index contributed by atoms with van der Waals surface area (Å²) in [6.07, 6.45) is -4.46. The predicted octanol–water partition coefficient (Wildman–Crippen LogP) is 3.14. The van der Waals surface area contributed by atoms with Crippen LogP contribution in [0.1, 0.15) is 16.7 Å². The van der Waals surface area contributed by atoms with Crippen LogP contribution in [0.2, 0.25) is 0 Å². The van der Waals surface area contributed by atoms with Crippen molar-refractivity contribution in [1.82, 2.24) is 20.2 Å². The smallest absolute Gasteiger partial charge is 0.189 e. The maximum absolute atomic E-state index is 13.4. The van der Waals surface area contributed by atoms with Gasteiger partial charge in [-0.2, -0.15) is 26.4 Å².